The third-order valence-corrected chi connectivity index (χ3v) is 6.31. The van der Waals surface area contributed by atoms with E-state index in [0.717, 1.165) is 25.7 Å². The first-order chi connectivity index (χ1) is 14.5. The highest BCUT2D eigenvalue weighted by Gasteiger charge is 2.48. The quantitative estimate of drug-likeness (QED) is 0.710. The van der Waals surface area contributed by atoms with E-state index in [1.165, 1.54) is 4.90 Å². The van der Waals surface area contributed by atoms with Crippen LogP contribution in [-0.2, 0) is 14.3 Å². The largest absolute Gasteiger partial charge is 0.450 e. The van der Waals surface area contributed by atoms with Gasteiger partial charge in [-0.15, -0.1) is 0 Å². The smallest absolute Gasteiger partial charge is 0.409 e. The summed E-state index contributed by atoms with van der Waals surface area (Å²) in [5, 5.41) is 0. The SMILES string of the molecule is CCOC(=O)N1CCN(C(=O)c2ccc(N3C(=O)[C@H]4CCCC[C@@H]4C3=O)cc2)CC1. The average molecular weight is 413 g/mol. The molecule has 1 aromatic rings. The van der Waals surface area contributed by atoms with E-state index in [4.69, 9.17) is 4.74 Å². The van der Waals surface area contributed by atoms with E-state index in [9.17, 15) is 19.2 Å². The van der Waals surface area contributed by atoms with Gasteiger partial charge in [-0.25, -0.2) is 4.79 Å². The Morgan fingerprint density at radius 3 is 1.97 bits per heavy atom. The third-order valence-electron chi connectivity index (χ3n) is 6.31. The number of benzene rings is 1. The zero-order valence-electron chi connectivity index (χ0n) is 17.2. The topological polar surface area (TPSA) is 87.2 Å². The van der Waals surface area contributed by atoms with E-state index in [2.05, 4.69) is 0 Å². The van der Waals surface area contributed by atoms with E-state index in [0.29, 0.717) is 44.0 Å². The standard InChI is InChI=1S/C22H27N3O5/c1-2-30-22(29)24-13-11-23(12-14-24)19(26)15-7-9-16(10-8-15)25-20(27)17-5-3-4-6-18(17)21(25)28/h7-10,17-18H,2-6,11-14H2,1H3/t17-,18-/m0/s1. The van der Waals surface area contributed by atoms with Crippen molar-refractivity contribution in [3.8, 4) is 0 Å². The maximum absolute atomic E-state index is 12.8. The lowest BCUT2D eigenvalue weighted by atomic mass is 9.81. The van der Waals surface area contributed by atoms with Gasteiger partial charge in [0, 0.05) is 31.7 Å². The van der Waals surface area contributed by atoms with E-state index in [-0.39, 0.29) is 35.7 Å². The molecule has 30 heavy (non-hydrogen) atoms. The third kappa shape index (κ3) is 3.66. The van der Waals surface area contributed by atoms with Gasteiger partial charge in [-0.3, -0.25) is 19.3 Å². The van der Waals surface area contributed by atoms with Crippen LogP contribution < -0.4 is 4.90 Å². The van der Waals surface area contributed by atoms with Crippen LogP contribution in [0.15, 0.2) is 24.3 Å². The van der Waals surface area contributed by atoms with E-state index in [1.807, 2.05) is 0 Å². The zero-order chi connectivity index (χ0) is 21.3. The first-order valence-electron chi connectivity index (χ1n) is 10.7. The summed E-state index contributed by atoms with van der Waals surface area (Å²) in [6, 6.07) is 6.68. The molecule has 0 aromatic heterocycles. The molecule has 1 saturated carbocycles. The normalized spacial score (nSPS) is 24.1. The van der Waals surface area contributed by atoms with Crippen LogP contribution in [0.25, 0.3) is 0 Å². The highest BCUT2D eigenvalue weighted by molar-refractivity contribution is 6.22. The Balaban J connectivity index is 1.40. The fraction of sp³-hybridized carbons (Fsp3) is 0.545. The van der Waals surface area contributed by atoms with E-state index in [1.54, 1.807) is 41.0 Å². The molecule has 1 aromatic carbocycles. The Morgan fingerprint density at radius 1 is 0.900 bits per heavy atom. The van der Waals surface area contributed by atoms with Crippen LogP contribution in [0, 0.1) is 11.8 Å². The highest BCUT2D eigenvalue weighted by atomic mass is 16.6. The lowest BCUT2D eigenvalue weighted by Gasteiger charge is -2.34. The molecule has 3 aliphatic rings. The predicted octanol–water partition coefficient (Wildman–Crippen LogP) is 2.28. The molecule has 2 aliphatic heterocycles. The summed E-state index contributed by atoms with van der Waals surface area (Å²) in [5.41, 5.74) is 1.03. The van der Waals surface area contributed by atoms with Crippen LogP contribution in [0.3, 0.4) is 0 Å². The second kappa shape index (κ2) is 8.45. The molecule has 2 atom stereocenters. The fourth-order valence-corrected chi connectivity index (χ4v) is 4.66. The minimum absolute atomic E-state index is 0.112. The molecule has 0 N–H and O–H groups in total. The Hall–Kier alpha value is -2.90. The van der Waals surface area contributed by atoms with Gasteiger partial charge in [0.15, 0.2) is 0 Å². The van der Waals surface area contributed by atoms with Crippen LogP contribution in [0.2, 0.25) is 0 Å². The number of ether oxygens (including phenoxy) is 1. The summed E-state index contributed by atoms with van der Waals surface area (Å²) in [6.45, 7) is 3.83. The fourth-order valence-electron chi connectivity index (χ4n) is 4.66. The van der Waals surface area contributed by atoms with Gasteiger partial charge in [0.25, 0.3) is 5.91 Å². The summed E-state index contributed by atoms with van der Waals surface area (Å²) in [6.07, 6.45) is 3.19. The summed E-state index contributed by atoms with van der Waals surface area (Å²) in [7, 11) is 0. The molecule has 0 spiro atoms. The average Bonchev–Trinajstić information content (AvgIpc) is 3.04. The molecular formula is C22H27N3O5. The molecule has 1 aliphatic carbocycles. The molecule has 4 amide bonds. The number of carbonyl (C=O) groups is 4. The lowest BCUT2D eigenvalue weighted by molar-refractivity contribution is -0.122. The maximum Gasteiger partial charge on any atom is 0.409 e. The van der Waals surface area contributed by atoms with Crippen molar-refractivity contribution >= 4 is 29.5 Å². The lowest BCUT2D eigenvalue weighted by Crippen LogP contribution is -2.50. The van der Waals surface area contributed by atoms with Gasteiger partial charge in [-0.1, -0.05) is 12.8 Å². The number of nitrogens with zero attached hydrogens (tertiary/aromatic N) is 3. The van der Waals surface area contributed by atoms with Crippen LogP contribution in [0.1, 0.15) is 43.0 Å². The Bertz CT molecular complexity index is 821. The molecule has 8 heteroatoms. The Labute approximate surface area is 175 Å². The Kier molecular flexibility index (Phi) is 5.74. The molecule has 2 heterocycles. The van der Waals surface area contributed by atoms with E-state index < -0.39 is 0 Å². The van der Waals surface area contributed by atoms with Crippen LogP contribution in [0.4, 0.5) is 10.5 Å². The van der Waals surface area contributed by atoms with Gasteiger partial charge in [-0.05, 0) is 44.0 Å². The second-order valence-corrected chi connectivity index (χ2v) is 8.03. The van der Waals surface area contributed by atoms with Crippen molar-refractivity contribution < 1.29 is 23.9 Å². The molecule has 2 saturated heterocycles. The minimum atomic E-state index is -0.352. The van der Waals surface area contributed by atoms with Crippen LogP contribution >= 0.6 is 0 Å². The Morgan fingerprint density at radius 2 is 1.43 bits per heavy atom. The van der Waals surface area contributed by atoms with Crippen molar-refractivity contribution in [3.05, 3.63) is 29.8 Å². The van der Waals surface area contributed by atoms with Gasteiger partial charge in [0.1, 0.15) is 0 Å². The molecular weight excluding hydrogens is 386 g/mol. The maximum atomic E-state index is 12.8. The molecule has 0 radical (unpaired) electrons. The number of hydrogen-bond acceptors (Lipinski definition) is 5. The second-order valence-electron chi connectivity index (χ2n) is 8.03. The van der Waals surface area contributed by atoms with Crippen molar-refractivity contribution in [2.75, 3.05) is 37.7 Å². The number of imide groups is 1. The zero-order valence-corrected chi connectivity index (χ0v) is 17.2. The monoisotopic (exact) mass is 413 g/mol. The van der Waals surface area contributed by atoms with Crippen LogP contribution in [-0.4, -0.2) is 66.4 Å². The van der Waals surface area contributed by atoms with Crippen molar-refractivity contribution in [3.63, 3.8) is 0 Å². The van der Waals surface area contributed by atoms with Crippen LogP contribution in [0.5, 0.6) is 0 Å². The molecule has 160 valence electrons. The number of fused-ring (bicyclic) bond motifs is 1. The predicted molar refractivity (Wildman–Crippen MR) is 109 cm³/mol. The van der Waals surface area contributed by atoms with Gasteiger partial charge < -0.3 is 14.5 Å². The van der Waals surface area contributed by atoms with Crippen molar-refractivity contribution in [1.82, 2.24) is 9.80 Å². The number of hydrogen-bond donors (Lipinski definition) is 0. The number of carbonyl (C=O) groups excluding carboxylic acids is 4. The molecule has 4 rings (SSSR count). The molecule has 0 bridgehead atoms. The van der Waals surface area contributed by atoms with Crippen molar-refractivity contribution in [2.24, 2.45) is 11.8 Å². The van der Waals surface area contributed by atoms with Gasteiger partial charge >= 0.3 is 6.09 Å². The highest BCUT2D eigenvalue weighted by Crippen LogP contribution is 2.40. The van der Waals surface area contributed by atoms with E-state index >= 15 is 0 Å². The summed E-state index contributed by atoms with van der Waals surface area (Å²) < 4.78 is 5.00. The summed E-state index contributed by atoms with van der Waals surface area (Å²) >= 11 is 0. The molecule has 0 unspecified atom stereocenters. The molecule has 8 nitrogen and oxygen atoms in total. The number of amides is 4. The number of rotatable bonds is 3. The molecule has 3 fully saturated rings. The van der Waals surface area contributed by atoms with Gasteiger partial charge in [0.05, 0.1) is 24.1 Å². The minimum Gasteiger partial charge on any atom is -0.450 e. The number of anilines is 1. The first kappa shape index (κ1) is 20.4. The van der Waals surface area contributed by atoms with Gasteiger partial charge in [0.2, 0.25) is 11.8 Å². The number of piperazine rings is 1. The van der Waals surface area contributed by atoms with Crippen molar-refractivity contribution in [1.29, 1.82) is 0 Å². The first-order valence-corrected chi connectivity index (χ1v) is 10.7. The summed E-state index contributed by atoms with van der Waals surface area (Å²) in [5.74, 6) is -0.734. The summed E-state index contributed by atoms with van der Waals surface area (Å²) in [4.78, 5) is 54.7. The van der Waals surface area contributed by atoms with Gasteiger partial charge in [-0.2, -0.15) is 0 Å². The van der Waals surface area contributed by atoms with Crippen molar-refractivity contribution in [2.45, 2.75) is 32.6 Å².